The Bertz CT molecular complexity index is 3860. The minimum Gasteiger partial charge on any atom is -0.455 e. The molecule has 1 heteroatoms. The smallest absolute Gasteiger partial charge is 0.143 e. The molecule has 0 aliphatic carbocycles. The quantitative estimate of drug-likeness (QED) is 0.174. The molecule has 1 heterocycles. The van der Waals surface area contributed by atoms with Crippen molar-refractivity contribution < 1.29 is 40.1 Å². The zero-order valence-electron chi connectivity index (χ0n) is 49.7. The summed E-state index contributed by atoms with van der Waals surface area (Å²) >= 11 is 0. The van der Waals surface area contributed by atoms with Gasteiger partial charge in [-0.25, -0.2) is 0 Å². The third-order valence-electron chi connectivity index (χ3n) is 7.52. The van der Waals surface area contributed by atoms with Gasteiger partial charge in [-0.1, -0.05) is 169 Å². The molecule has 0 aliphatic heterocycles. The highest BCUT2D eigenvalue weighted by atomic mass is 16.3. The second kappa shape index (κ2) is 11.3. The van der Waals surface area contributed by atoms with E-state index < -0.39 is 229 Å². The Labute approximate surface area is 310 Å². The Morgan fingerprint density at radius 3 is 1.32 bits per heavy atom. The van der Waals surface area contributed by atoms with Crippen molar-refractivity contribution in [2.45, 2.75) is 0 Å². The number of rotatable bonds is 5. The van der Waals surface area contributed by atoms with E-state index in [1.807, 2.05) is 0 Å². The van der Waals surface area contributed by atoms with E-state index in [4.69, 9.17) is 30.5 Å². The van der Waals surface area contributed by atoms with Crippen LogP contribution in [0.4, 0.5) is 0 Å². The molecule has 0 unspecified atom stereocenters. The first-order chi connectivity index (χ1) is 34.1. The number of furan rings is 1. The SMILES string of the molecule is [2H]c1c([2H])c([2H])c(-c2ccc(-c3oc4c([2H])c([2H])c(-c5c([2H])c([2H])c([2H])c([2H])c5[2H])c([2H])c4c3-c3c4c([2H])c([2H])c([2H])c([2H])c4c(-c4c([2H])c([2H])c([2H])c([2H])c4[2H])c4c([2H])c([2H])c([2H])c([2H])c34)cc2)c([2H])c1[2H]. The fourth-order valence-corrected chi connectivity index (χ4v) is 5.54. The van der Waals surface area contributed by atoms with Crippen LogP contribution in [0.5, 0.6) is 0 Å². The third kappa shape index (κ3) is 4.64. The summed E-state index contributed by atoms with van der Waals surface area (Å²) in [6, 6.07) is -16.8. The van der Waals surface area contributed by atoms with Crippen LogP contribution in [0, 0.1) is 0 Å². The molecule has 0 saturated heterocycles. The highest BCUT2D eigenvalue weighted by molar-refractivity contribution is 6.25. The topological polar surface area (TPSA) is 13.1 Å². The lowest BCUT2D eigenvalue weighted by Crippen LogP contribution is -1.91. The summed E-state index contributed by atoms with van der Waals surface area (Å²) in [5.41, 5.74) is -4.67. The van der Waals surface area contributed by atoms with Crippen LogP contribution in [0.3, 0.4) is 0 Å². The molecule has 1 aromatic heterocycles. The lowest BCUT2D eigenvalue weighted by atomic mass is 9.84. The van der Waals surface area contributed by atoms with Gasteiger partial charge < -0.3 is 4.42 Å². The molecule has 0 N–H and O–H groups in total. The molecule has 0 fully saturated rings. The number of hydrogen-bond donors (Lipinski definition) is 0. The van der Waals surface area contributed by atoms with Crippen molar-refractivity contribution in [2.24, 2.45) is 0 Å². The van der Waals surface area contributed by atoms with Gasteiger partial charge in [0.2, 0.25) is 0 Å². The summed E-state index contributed by atoms with van der Waals surface area (Å²) in [7, 11) is 0. The minimum atomic E-state index is -0.941. The van der Waals surface area contributed by atoms with Crippen molar-refractivity contribution in [1.29, 1.82) is 0 Å². The highest BCUT2D eigenvalue weighted by Gasteiger charge is 2.24. The van der Waals surface area contributed by atoms with Gasteiger partial charge in [-0.3, -0.25) is 0 Å². The Balaban J connectivity index is 1.60. The molecule has 0 spiro atoms. The van der Waals surface area contributed by atoms with Crippen LogP contribution in [-0.2, 0) is 0 Å². The largest absolute Gasteiger partial charge is 0.455 e. The van der Waals surface area contributed by atoms with Gasteiger partial charge in [-0.15, -0.1) is 0 Å². The molecular weight excluding hydrogens is 569 g/mol. The summed E-state index contributed by atoms with van der Waals surface area (Å²) in [5, 5.41) is -3.10. The number of benzene rings is 8. The van der Waals surface area contributed by atoms with Crippen LogP contribution in [0.1, 0.15) is 35.6 Å². The standard InChI is InChI=1S/C46H30O/c1-4-14-31(15-5-1)33-24-26-35(27-25-33)46-45(41-30-36(28-29-42(41)47-46)32-16-6-2-7-17-32)44-39-22-12-10-20-37(39)43(34-18-8-3-9-19-34)38-21-11-13-23-40(38)44/h1-30H/i1D,2D,3D,4D,5D,6D,7D,8D,9D,10D,11D,12D,13D,14D,15D,16D,17D,18D,19D,20D,21D,22D,23D,28D,29D,30D. The summed E-state index contributed by atoms with van der Waals surface area (Å²) < 4.78 is 237. The molecule has 0 aliphatic rings. The molecule has 220 valence electrons. The molecule has 0 atom stereocenters. The molecule has 9 rings (SSSR count). The third-order valence-corrected chi connectivity index (χ3v) is 7.52. The number of hydrogen-bond acceptors (Lipinski definition) is 1. The maximum Gasteiger partial charge on any atom is 0.143 e. The van der Waals surface area contributed by atoms with Crippen LogP contribution in [0.25, 0.3) is 88.3 Å². The average molecular weight is 625 g/mol. The van der Waals surface area contributed by atoms with Crippen molar-refractivity contribution in [3.63, 3.8) is 0 Å². The van der Waals surface area contributed by atoms with Crippen molar-refractivity contribution in [1.82, 2.24) is 0 Å². The lowest BCUT2D eigenvalue weighted by Gasteiger charge is -2.18. The number of fused-ring (bicyclic) bond motifs is 3. The Hall–Kier alpha value is -6.18. The molecule has 0 saturated carbocycles. The molecule has 0 amide bonds. The van der Waals surface area contributed by atoms with Crippen molar-refractivity contribution in [3.05, 3.63) is 181 Å². The Morgan fingerprint density at radius 2 is 0.766 bits per heavy atom. The lowest BCUT2D eigenvalue weighted by molar-refractivity contribution is 0.632. The molecule has 1 nitrogen and oxygen atoms in total. The maximum absolute atomic E-state index is 9.88. The van der Waals surface area contributed by atoms with E-state index in [-0.39, 0.29) is 16.7 Å². The monoisotopic (exact) mass is 624 g/mol. The van der Waals surface area contributed by atoms with Crippen molar-refractivity contribution in [2.75, 3.05) is 0 Å². The molecule has 47 heavy (non-hydrogen) atoms. The van der Waals surface area contributed by atoms with Crippen LogP contribution < -0.4 is 0 Å². The molecule has 0 bridgehead atoms. The summed E-state index contributed by atoms with van der Waals surface area (Å²) in [6.45, 7) is 0. The summed E-state index contributed by atoms with van der Waals surface area (Å²) in [5.74, 6) is -0.444. The molecule has 8 aromatic carbocycles. The van der Waals surface area contributed by atoms with Gasteiger partial charge in [0.1, 0.15) is 11.3 Å². The molecule has 9 aromatic rings. The van der Waals surface area contributed by atoms with E-state index in [1.165, 1.54) is 24.3 Å². The van der Waals surface area contributed by atoms with Gasteiger partial charge in [-0.05, 0) is 67.0 Å². The van der Waals surface area contributed by atoms with Gasteiger partial charge >= 0.3 is 0 Å². The zero-order valence-corrected chi connectivity index (χ0v) is 23.7. The van der Waals surface area contributed by atoms with Crippen LogP contribution >= 0.6 is 0 Å². The second-order valence-corrected chi connectivity index (χ2v) is 10.1. The maximum atomic E-state index is 9.88. The normalized spacial score (nSPS) is 19.1. The van der Waals surface area contributed by atoms with E-state index in [1.54, 1.807) is 0 Å². The van der Waals surface area contributed by atoms with Crippen LogP contribution in [0.15, 0.2) is 186 Å². The van der Waals surface area contributed by atoms with Gasteiger partial charge in [0, 0.05) is 22.1 Å². The first-order valence-electron chi connectivity index (χ1n) is 27.0. The first-order valence-corrected chi connectivity index (χ1v) is 14.0. The van der Waals surface area contributed by atoms with Gasteiger partial charge in [0.05, 0.1) is 35.6 Å². The first kappa shape index (κ1) is 11.6. The molecular formula is C46H30O. The highest BCUT2D eigenvalue weighted by Crippen LogP contribution is 2.50. The van der Waals surface area contributed by atoms with E-state index in [0.29, 0.717) is 0 Å². The van der Waals surface area contributed by atoms with Gasteiger partial charge in [-0.2, -0.15) is 0 Å². The predicted molar refractivity (Wildman–Crippen MR) is 198 cm³/mol. The fourth-order valence-electron chi connectivity index (χ4n) is 5.54. The fraction of sp³-hybridized carbons (Fsp3) is 0. The summed E-state index contributed by atoms with van der Waals surface area (Å²) in [4.78, 5) is 0. The van der Waals surface area contributed by atoms with Gasteiger partial charge in [0.25, 0.3) is 0 Å². The van der Waals surface area contributed by atoms with Crippen LogP contribution in [0.2, 0.25) is 0 Å². The minimum absolute atomic E-state index is 0.0605. The average Bonchev–Trinajstić information content (AvgIpc) is 3.78. The molecule has 0 radical (unpaired) electrons. The second-order valence-electron chi connectivity index (χ2n) is 10.1. The predicted octanol–water partition coefficient (Wildman–Crippen LogP) is 13.1. The van der Waals surface area contributed by atoms with E-state index in [9.17, 15) is 9.60 Å². The Kier molecular flexibility index (Phi) is 2.78. The van der Waals surface area contributed by atoms with Crippen molar-refractivity contribution in [3.8, 4) is 55.8 Å². The van der Waals surface area contributed by atoms with Crippen molar-refractivity contribution >= 4 is 32.5 Å². The van der Waals surface area contributed by atoms with E-state index in [2.05, 4.69) is 0 Å². The van der Waals surface area contributed by atoms with Gasteiger partial charge in [0.15, 0.2) is 0 Å². The Morgan fingerprint density at radius 1 is 0.319 bits per heavy atom. The zero-order chi connectivity index (χ0) is 53.8. The van der Waals surface area contributed by atoms with E-state index >= 15 is 0 Å². The van der Waals surface area contributed by atoms with Crippen LogP contribution in [-0.4, -0.2) is 0 Å². The summed E-state index contributed by atoms with van der Waals surface area (Å²) in [6.07, 6.45) is 0. The van der Waals surface area contributed by atoms with E-state index in [0.717, 1.165) is 0 Å².